The van der Waals surface area contributed by atoms with Crippen LogP contribution in [0.15, 0.2) is 59.8 Å². The maximum atomic E-state index is 12.9. The molecule has 0 bridgehead atoms. The Bertz CT molecular complexity index is 1280. The molecule has 0 saturated carbocycles. The Balaban J connectivity index is 1.56. The highest BCUT2D eigenvalue weighted by Crippen LogP contribution is 2.21. The van der Waals surface area contributed by atoms with Gasteiger partial charge >= 0.3 is 17.9 Å². The smallest absolute Gasteiger partial charge is 0.338 e. The zero-order valence-electron chi connectivity index (χ0n) is 20.9. The molecular weight excluding hydrogens is 514 g/mol. The number of nitro benzene ring substituents is 1. The largest absolute Gasteiger partial charge is 0.463 e. The highest BCUT2D eigenvalue weighted by molar-refractivity contribution is 7.80. The first-order chi connectivity index (χ1) is 18.1. The van der Waals surface area contributed by atoms with Gasteiger partial charge in [-0.3, -0.25) is 19.7 Å². The summed E-state index contributed by atoms with van der Waals surface area (Å²) >= 11 is 5.18. The molecule has 1 unspecified atom stereocenters. The third-order valence-electron chi connectivity index (χ3n) is 5.56. The van der Waals surface area contributed by atoms with Gasteiger partial charge in [-0.05, 0) is 42.8 Å². The predicted molar refractivity (Wildman–Crippen MR) is 140 cm³/mol. The number of thiocarbonyl (C=S) groups is 1. The van der Waals surface area contributed by atoms with Crippen molar-refractivity contribution in [3.05, 3.63) is 81.0 Å². The lowest BCUT2D eigenvalue weighted by Gasteiger charge is -2.29. The average molecular weight is 542 g/mol. The summed E-state index contributed by atoms with van der Waals surface area (Å²) in [5, 5.41) is 17.0. The molecule has 0 amide bonds. The molecule has 1 aliphatic rings. The summed E-state index contributed by atoms with van der Waals surface area (Å²) in [5.74, 6) is -1.22. The Hall–Kier alpha value is -4.32. The molecule has 2 N–H and O–H groups in total. The summed E-state index contributed by atoms with van der Waals surface area (Å²) in [6.45, 7) is 2.78. The molecule has 0 spiro atoms. The van der Waals surface area contributed by atoms with Crippen molar-refractivity contribution in [3.8, 4) is 5.75 Å². The normalized spacial score (nSPS) is 14.7. The molecule has 0 aromatic heterocycles. The predicted octanol–water partition coefficient (Wildman–Crippen LogP) is 2.90. The molecule has 11 nitrogen and oxygen atoms in total. The van der Waals surface area contributed by atoms with Gasteiger partial charge in [0.2, 0.25) is 0 Å². The van der Waals surface area contributed by atoms with E-state index in [-0.39, 0.29) is 42.4 Å². The van der Waals surface area contributed by atoms with Gasteiger partial charge in [0.15, 0.2) is 5.11 Å². The fourth-order valence-corrected chi connectivity index (χ4v) is 4.10. The highest BCUT2D eigenvalue weighted by Gasteiger charge is 2.31. The van der Waals surface area contributed by atoms with E-state index < -0.39 is 28.9 Å². The number of ether oxygens (including phenoxy) is 3. The van der Waals surface area contributed by atoms with Crippen molar-refractivity contribution >= 4 is 40.9 Å². The van der Waals surface area contributed by atoms with Gasteiger partial charge in [-0.25, -0.2) is 4.79 Å². The number of hydrogen-bond acceptors (Lipinski definition) is 9. The molecule has 2 aromatic carbocycles. The number of hydrogen-bond donors (Lipinski definition) is 2. The number of carbonyl (C=O) groups excluding carboxylic acids is 3. The Labute approximate surface area is 224 Å². The topological polar surface area (TPSA) is 146 Å². The number of para-hydroxylation sites is 1. The monoisotopic (exact) mass is 541 g/mol. The molecule has 1 heterocycles. The first-order valence-corrected chi connectivity index (χ1v) is 12.2. The van der Waals surface area contributed by atoms with Gasteiger partial charge < -0.3 is 24.8 Å². The van der Waals surface area contributed by atoms with E-state index in [9.17, 15) is 24.5 Å². The van der Waals surface area contributed by atoms with E-state index in [4.69, 9.17) is 26.4 Å². The molecule has 2 aromatic rings. The second-order valence-corrected chi connectivity index (χ2v) is 8.80. The number of nitrogens with zero attached hydrogens (tertiary/aromatic N) is 1. The van der Waals surface area contributed by atoms with Crippen LogP contribution in [0.5, 0.6) is 5.75 Å². The van der Waals surface area contributed by atoms with E-state index in [1.807, 2.05) is 0 Å². The summed E-state index contributed by atoms with van der Waals surface area (Å²) in [7, 11) is 0. The van der Waals surface area contributed by atoms with Crippen LogP contribution in [0.1, 0.15) is 31.4 Å². The van der Waals surface area contributed by atoms with Crippen molar-refractivity contribution in [3.63, 3.8) is 0 Å². The lowest BCUT2D eigenvalue weighted by Crippen LogP contribution is -2.52. The first-order valence-electron chi connectivity index (χ1n) is 11.7. The Morgan fingerprint density at radius 3 is 2.58 bits per heavy atom. The lowest BCUT2D eigenvalue weighted by molar-refractivity contribution is -0.384. The summed E-state index contributed by atoms with van der Waals surface area (Å²) < 4.78 is 16.0. The molecule has 0 aliphatic carbocycles. The minimum absolute atomic E-state index is 0.00449. The molecule has 3 rings (SSSR count). The average Bonchev–Trinajstić information content (AvgIpc) is 2.86. The van der Waals surface area contributed by atoms with E-state index in [0.717, 1.165) is 0 Å². The number of esters is 3. The zero-order chi connectivity index (χ0) is 27.7. The van der Waals surface area contributed by atoms with Gasteiger partial charge in [0.25, 0.3) is 5.69 Å². The standard InChI is InChI=1S/C26H27N3O8S/c1-16-24(25(32)35-13-12-18-6-5-8-20(14-18)29(33)34)21(28-26(38)27-16)15-36-23(31)11-10-19-7-3-4-9-22(19)37-17(2)30/h3-9,14,21H,10-13,15H2,1-2H3,(H2,27,28,38). The van der Waals surface area contributed by atoms with Gasteiger partial charge in [0.05, 0.1) is 23.1 Å². The first kappa shape index (κ1) is 28.3. The van der Waals surface area contributed by atoms with Crippen molar-refractivity contribution in [1.82, 2.24) is 10.6 Å². The van der Waals surface area contributed by atoms with Gasteiger partial charge in [0, 0.05) is 37.6 Å². The Kier molecular flexibility index (Phi) is 9.88. The maximum Gasteiger partial charge on any atom is 0.338 e. The van der Waals surface area contributed by atoms with Crippen LogP contribution in [-0.4, -0.2) is 47.2 Å². The number of nitro groups is 1. The van der Waals surface area contributed by atoms with Crippen LogP contribution in [-0.2, 0) is 36.7 Å². The van der Waals surface area contributed by atoms with E-state index in [1.54, 1.807) is 43.3 Å². The highest BCUT2D eigenvalue weighted by atomic mass is 32.1. The van der Waals surface area contributed by atoms with Gasteiger partial charge in [0.1, 0.15) is 12.4 Å². The molecule has 0 fully saturated rings. The Morgan fingerprint density at radius 1 is 1.08 bits per heavy atom. The van der Waals surface area contributed by atoms with Gasteiger partial charge in [-0.2, -0.15) is 0 Å². The number of nitrogens with one attached hydrogen (secondary N) is 2. The van der Waals surface area contributed by atoms with Crippen LogP contribution in [0.25, 0.3) is 0 Å². The van der Waals surface area contributed by atoms with Crippen LogP contribution in [0.3, 0.4) is 0 Å². The maximum absolute atomic E-state index is 12.9. The van der Waals surface area contributed by atoms with E-state index in [0.29, 0.717) is 29.0 Å². The molecule has 38 heavy (non-hydrogen) atoms. The summed E-state index contributed by atoms with van der Waals surface area (Å²) in [6, 6.07) is 12.3. The fourth-order valence-electron chi connectivity index (χ4n) is 3.80. The lowest BCUT2D eigenvalue weighted by atomic mass is 10.0. The second kappa shape index (κ2) is 13.3. The third-order valence-corrected chi connectivity index (χ3v) is 5.78. The van der Waals surface area contributed by atoms with Crippen LogP contribution >= 0.6 is 12.2 Å². The van der Waals surface area contributed by atoms with Crippen molar-refractivity contribution in [2.45, 2.75) is 39.2 Å². The SMILES string of the molecule is CC(=O)Oc1ccccc1CCC(=O)OCC1NC(=S)NC(C)=C1C(=O)OCCc1cccc([N+](=O)[O-])c1. The number of carbonyl (C=O) groups is 3. The number of benzene rings is 2. The molecule has 0 saturated heterocycles. The minimum Gasteiger partial charge on any atom is -0.463 e. The summed E-state index contributed by atoms with van der Waals surface area (Å²) in [4.78, 5) is 47.1. The van der Waals surface area contributed by atoms with E-state index in [1.165, 1.54) is 19.1 Å². The molecule has 1 aliphatic heterocycles. The van der Waals surface area contributed by atoms with Gasteiger partial charge in [-0.1, -0.05) is 30.3 Å². The van der Waals surface area contributed by atoms with Crippen molar-refractivity contribution < 1.29 is 33.5 Å². The van der Waals surface area contributed by atoms with Crippen molar-refractivity contribution in [1.29, 1.82) is 0 Å². The number of aryl methyl sites for hydroxylation is 1. The second-order valence-electron chi connectivity index (χ2n) is 8.39. The molecule has 200 valence electrons. The number of non-ortho nitro benzene ring substituents is 1. The zero-order valence-corrected chi connectivity index (χ0v) is 21.7. The van der Waals surface area contributed by atoms with Gasteiger partial charge in [-0.15, -0.1) is 0 Å². The summed E-state index contributed by atoms with van der Waals surface area (Å²) in [6.07, 6.45) is 0.606. The number of rotatable bonds is 11. The minimum atomic E-state index is -0.730. The molecule has 12 heteroatoms. The van der Waals surface area contributed by atoms with Crippen LogP contribution in [0.4, 0.5) is 5.69 Å². The summed E-state index contributed by atoms with van der Waals surface area (Å²) in [5.41, 5.74) is 1.98. The molecule has 0 radical (unpaired) electrons. The van der Waals surface area contributed by atoms with Crippen LogP contribution in [0, 0.1) is 10.1 Å². The fraction of sp³-hybridized carbons (Fsp3) is 0.308. The van der Waals surface area contributed by atoms with Crippen LogP contribution < -0.4 is 15.4 Å². The molecular formula is C26H27N3O8S. The van der Waals surface area contributed by atoms with E-state index in [2.05, 4.69) is 10.6 Å². The third kappa shape index (κ3) is 8.10. The molecule has 1 atom stereocenters. The number of allylic oxidation sites excluding steroid dienone is 1. The van der Waals surface area contributed by atoms with Crippen molar-refractivity contribution in [2.75, 3.05) is 13.2 Å². The quantitative estimate of drug-likeness (QED) is 0.142. The van der Waals surface area contributed by atoms with Crippen LogP contribution in [0.2, 0.25) is 0 Å². The van der Waals surface area contributed by atoms with E-state index >= 15 is 0 Å². The van der Waals surface area contributed by atoms with Crippen molar-refractivity contribution in [2.24, 2.45) is 0 Å². The Morgan fingerprint density at radius 2 is 1.84 bits per heavy atom.